The molecule has 3 atom stereocenters. The summed E-state index contributed by atoms with van der Waals surface area (Å²) in [4.78, 5) is 26.5. The van der Waals surface area contributed by atoms with Crippen LogP contribution in [0.5, 0.6) is 5.75 Å². The van der Waals surface area contributed by atoms with E-state index in [1.807, 2.05) is 31.2 Å². The van der Waals surface area contributed by atoms with Gasteiger partial charge < -0.3 is 20.1 Å². The Morgan fingerprint density at radius 2 is 2.22 bits per heavy atom. The van der Waals surface area contributed by atoms with E-state index in [-0.39, 0.29) is 11.8 Å². The first-order valence-electron chi connectivity index (χ1n) is 7.85. The van der Waals surface area contributed by atoms with Crippen molar-refractivity contribution >= 4 is 11.8 Å². The van der Waals surface area contributed by atoms with Crippen molar-refractivity contribution in [2.45, 2.75) is 31.4 Å². The molecule has 2 N–H and O–H groups in total. The van der Waals surface area contributed by atoms with Gasteiger partial charge in [0.05, 0.1) is 0 Å². The molecule has 0 spiro atoms. The Balaban J connectivity index is 2.00. The SMILES string of the molecule is COCCCN1C(=O)C(C(N)=O)C2CC1(C)Oc1ccccc12. The van der Waals surface area contributed by atoms with E-state index in [2.05, 4.69) is 0 Å². The summed E-state index contributed by atoms with van der Waals surface area (Å²) < 4.78 is 11.2. The Morgan fingerprint density at radius 1 is 1.48 bits per heavy atom. The standard InChI is InChI=1S/C17H22N2O4/c1-17-10-12(11-6-3-4-7-13(11)23-17)14(15(18)20)16(21)19(17)8-5-9-22-2/h3-4,6-7,12,14H,5,8-10H2,1-2H3,(H2,18,20). The average molecular weight is 318 g/mol. The highest BCUT2D eigenvalue weighted by Gasteiger charge is 2.55. The predicted molar refractivity (Wildman–Crippen MR) is 83.7 cm³/mol. The molecule has 1 aromatic carbocycles. The number of para-hydroxylation sites is 1. The number of piperidine rings is 1. The minimum Gasteiger partial charge on any atom is -0.468 e. The van der Waals surface area contributed by atoms with Crippen molar-refractivity contribution in [1.29, 1.82) is 0 Å². The largest absolute Gasteiger partial charge is 0.468 e. The molecule has 0 aliphatic carbocycles. The number of amides is 2. The molecular weight excluding hydrogens is 296 g/mol. The second-order valence-electron chi connectivity index (χ2n) is 6.34. The molecule has 2 bridgehead atoms. The number of carbonyl (C=O) groups is 2. The highest BCUT2D eigenvalue weighted by molar-refractivity contribution is 6.01. The van der Waals surface area contributed by atoms with Crippen molar-refractivity contribution in [2.24, 2.45) is 11.7 Å². The van der Waals surface area contributed by atoms with Gasteiger partial charge in [0.2, 0.25) is 11.8 Å². The summed E-state index contributed by atoms with van der Waals surface area (Å²) in [5.74, 6) is -1.16. The summed E-state index contributed by atoms with van der Waals surface area (Å²) in [7, 11) is 1.62. The number of primary amides is 1. The van der Waals surface area contributed by atoms with E-state index in [1.165, 1.54) is 0 Å². The number of carbonyl (C=O) groups excluding carboxylic acids is 2. The zero-order chi connectivity index (χ0) is 16.6. The van der Waals surface area contributed by atoms with Crippen LogP contribution in [0.4, 0.5) is 0 Å². The molecule has 0 aromatic heterocycles. The monoisotopic (exact) mass is 318 g/mol. The minimum atomic E-state index is -0.837. The van der Waals surface area contributed by atoms with E-state index in [1.54, 1.807) is 12.0 Å². The van der Waals surface area contributed by atoms with Crippen LogP contribution in [0.25, 0.3) is 0 Å². The molecule has 6 heteroatoms. The summed E-state index contributed by atoms with van der Waals surface area (Å²) >= 11 is 0. The summed E-state index contributed by atoms with van der Waals surface area (Å²) in [6.45, 7) is 2.92. The van der Waals surface area contributed by atoms with Gasteiger partial charge >= 0.3 is 0 Å². The maximum absolute atomic E-state index is 12.9. The van der Waals surface area contributed by atoms with Crippen molar-refractivity contribution in [2.75, 3.05) is 20.3 Å². The van der Waals surface area contributed by atoms with E-state index >= 15 is 0 Å². The van der Waals surface area contributed by atoms with Gasteiger partial charge in [0.15, 0.2) is 5.72 Å². The van der Waals surface area contributed by atoms with Gasteiger partial charge in [0.1, 0.15) is 11.7 Å². The number of hydrogen-bond donors (Lipinski definition) is 1. The molecule has 1 saturated heterocycles. The third-order valence-electron chi connectivity index (χ3n) is 4.79. The van der Waals surface area contributed by atoms with Crippen molar-refractivity contribution in [3.63, 3.8) is 0 Å². The highest BCUT2D eigenvalue weighted by atomic mass is 16.5. The highest BCUT2D eigenvalue weighted by Crippen LogP contribution is 2.49. The maximum Gasteiger partial charge on any atom is 0.238 e. The third kappa shape index (κ3) is 2.57. The number of methoxy groups -OCH3 is 1. The molecule has 2 aliphatic heterocycles. The number of nitrogens with zero attached hydrogens (tertiary/aromatic N) is 1. The van der Waals surface area contributed by atoms with Crippen molar-refractivity contribution in [3.05, 3.63) is 29.8 Å². The molecule has 2 aliphatic rings. The number of hydrogen-bond acceptors (Lipinski definition) is 4. The summed E-state index contributed by atoms with van der Waals surface area (Å²) in [6, 6.07) is 7.56. The molecule has 0 radical (unpaired) electrons. The Hall–Kier alpha value is -2.08. The number of rotatable bonds is 5. The molecule has 23 heavy (non-hydrogen) atoms. The van der Waals surface area contributed by atoms with E-state index in [4.69, 9.17) is 15.2 Å². The topological polar surface area (TPSA) is 81.9 Å². The molecule has 124 valence electrons. The fourth-order valence-electron chi connectivity index (χ4n) is 3.75. The van der Waals surface area contributed by atoms with Crippen molar-refractivity contribution < 1.29 is 19.1 Å². The Morgan fingerprint density at radius 3 is 2.91 bits per heavy atom. The molecule has 2 amide bonds. The van der Waals surface area contributed by atoms with Crippen LogP contribution >= 0.6 is 0 Å². The van der Waals surface area contributed by atoms with E-state index in [0.717, 1.165) is 11.3 Å². The Labute approximate surface area is 135 Å². The van der Waals surface area contributed by atoms with Gasteiger partial charge in [-0.2, -0.15) is 0 Å². The maximum atomic E-state index is 12.9. The number of benzene rings is 1. The van der Waals surface area contributed by atoms with Gasteiger partial charge in [-0.1, -0.05) is 18.2 Å². The first-order chi connectivity index (χ1) is 11.0. The fraction of sp³-hybridized carbons (Fsp3) is 0.529. The fourth-order valence-corrected chi connectivity index (χ4v) is 3.75. The van der Waals surface area contributed by atoms with Crippen molar-refractivity contribution in [3.8, 4) is 5.75 Å². The van der Waals surface area contributed by atoms with Crippen LogP contribution in [0.15, 0.2) is 24.3 Å². The van der Waals surface area contributed by atoms with Crippen LogP contribution < -0.4 is 10.5 Å². The Kier molecular flexibility index (Phi) is 4.02. The van der Waals surface area contributed by atoms with Crippen LogP contribution in [-0.2, 0) is 14.3 Å². The van der Waals surface area contributed by atoms with E-state index in [9.17, 15) is 9.59 Å². The lowest BCUT2D eigenvalue weighted by Gasteiger charge is -2.52. The number of nitrogens with two attached hydrogens (primary N) is 1. The molecule has 6 nitrogen and oxygen atoms in total. The molecule has 3 rings (SSSR count). The van der Waals surface area contributed by atoms with Gasteiger partial charge in [0.25, 0.3) is 0 Å². The molecule has 1 aromatic rings. The molecule has 3 unspecified atom stereocenters. The second-order valence-corrected chi connectivity index (χ2v) is 6.34. The third-order valence-corrected chi connectivity index (χ3v) is 4.79. The van der Waals surface area contributed by atoms with Crippen LogP contribution in [0.1, 0.15) is 31.2 Å². The van der Waals surface area contributed by atoms with Crippen LogP contribution in [0, 0.1) is 5.92 Å². The predicted octanol–water partition coefficient (Wildman–Crippen LogP) is 1.25. The zero-order valence-corrected chi connectivity index (χ0v) is 13.5. The van der Waals surface area contributed by atoms with Crippen LogP contribution in [-0.4, -0.2) is 42.7 Å². The Bertz CT molecular complexity index is 633. The average Bonchev–Trinajstić information content (AvgIpc) is 2.50. The van der Waals surface area contributed by atoms with Gasteiger partial charge in [-0.25, -0.2) is 0 Å². The van der Waals surface area contributed by atoms with Gasteiger partial charge in [-0.3, -0.25) is 9.59 Å². The molecule has 0 saturated carbocycles. The smallest absolute Gasteiger partial charge is 0.238 e. The lowest BCUT2D eigenvalue weighted by Crippen LogP contribution is -2.64. The summed E-state index contributed by atoms with van der Waals surface area (Å²) in [5.41, 5.74) is 5.69. The molecule has 1 fully saturated rings. The minimum absolute atomic E-state index is 0.228. The van der Waals surface area contributed by atoms with Crippen LogP contribution in [0.2, 0.25) is 0 Å². The molecule has 2 heterocycles. The summed E-state index contributed by atoms with van der Waals surface area (Å²) in [5, 5.41) is 0. The second kappa shape index (κ2) is 5.85. The van der Waals surface area contributed by atoms with E-state index in [0.29, 0.717) is 26.0 Å². The number of fused-ring (bicyclic) bond motifs is 4. The normalized spacial score (nSPS) is 29.0. The van der Waals surface area contributed by atoms with Gasteiger partial charge in [-0.05, 0) is 25.0 Å². The van der Waals surface area contributed by atoms with E-state index < -0.39 is 17.6 Å². The van der Waals surface area contributed by atoms with Crippen LogP contribution in [0.3, 0.4) is 0 Å². The number of ether oxygens (including phenoxy) is 2. The quantitative estimate of drug-likeness (QED) is 0.654. The lowest BCUT2D eigenvalue weighted by atomic mass is 9.73. The van der Waals surface area contributed by atoms with Gasteiger partial charge in [0, 0.05) is 32.6 Å². The first kappa shape index (κ1) is 15.8. The lowest BCUT2D eigenvalue weighted by molar-refractivity contribution is -0.175. The van der Waals surface area contributed by atoms with Crippen molar-refractivity contribution in [1.82, 2.24) is 4.90 Å². The zero-order valence-electron chi connectivity index (χ0n) is 13.5. The van der Waals surface area contributed by atoms with Gasteiger partial charge in [-0.15, -0.1) is 0 Å². The molecular formula is C17H22N2O4. The number of likely N-dealkylation sites (tertiary alicyclic amines) is 1. The first-order valence-corrected chi connectivity index (χ1v) is 7.85. The summed E-state index contributed by atoms with van der Waals surface area (Å²) in [6.07, 6.45) is 1.25.